The minimum Gasteiger partial charge on any atom is -0.445 e. The predicted octanol–water partition coefficient (Wildman–Crippen LogP) is 3.22. The van der Waals surface area contributed by atoms with E-state index in [1.54, 1.807) is 0 Å². The van der Waals surface area contributed by atoms with Crippen LogP contribution in [0, 0.1) is 0 Å². The van der Waals surface area contributed by atoms with Gasteiger partial charge in [-0.2, -0.15) is 0 Å². The van der Waals surface area contributed by atoms with Crippen molar-refractivity contribution in [2.24, 2.45) is 0 Å². The molecule has 3 nitrogen and oxygen atoms in total. The molecule has 17 heavy (non-hydrogen) atoms. The van der Waals surface area contributed by atoms with E-state index < -0.39 is 0 Å². The monoisotopic (exact) mass is 345 g/mol. The van der Waals surface area contributed by atoms with E-state index >= 15 is 0 Å². The van der Waals surface area contributed by atoms with Crippen molar-refractivity contribution in [1.29, 1.82) is 0 Å². The van der Waals surface area contributed by atoms with Crippen LogP contribution in [0.2, 0.25) is 0 Å². The molecule has 0 aromatic heterocycles. The number of alkyl halides is 1. The zero-order chi connectivity index (χ0) is 12.1. The SMILES string of the molecule is O=C(OCc1ccccc1)N1CCC[C@@H]1CI. The fraction of sp³-hybridized carbons (Fsp3) is 0.462. The second-order valence-electron chi connectivity index (χ2n) is 4.18. The van der Waals surface area contributed by atoms with E-state index in [-0.39, 0.29) is 6.09 Å². The second kappa shape index (κ2) is 6.23. The summed E-state index contributed by atoms with van der Waals surface area (Å²) in [6.07, 6.45) is 2.02. The van der Waals surface area contributed by atoms with Gasteiger partial charge in [0.2, 0.25) is 0 Å². The summed E-state index contributed by atoms with van der Waals surface area (Å²) in [4.78, 5) is 13.7. The van der Waals surface area contributed by atoms with Gasteiger partial charge >= 0.3 is 6.09 Å². The highest BCUT2D eigenvalue weighted by Gasteiger charge is 2.28. The van der Waals surface area contributed by atoms with Gasteiger partial charge in [0, 0.05) is 17.0 Å². The molecule has 1 saturated heterocycles. The number of nitrogens with zero attached hydrogens (tertiary/aromatic N) is 1. The first-order valence-electron chi connectivity index (χ1n) is 5.84. The normalized spacial score (nSPS) is 19.4. The number of amides is 1. The summed E-state index contributed by atoms with van der Waals surface area (Å²) in [5.74, 6) is 0. The van der Waals surface area contributed by atoms with Crippen LogP contribution in [0.5, 0.6) is 0 Å². The molecule has 0 aliphatic carbocycles. The zero-order valence-corrected chi connectivity index (χ0v) is 11.8. The molecule has 1 fully saturated rings. The van der Waals surface area contributed by atoms with Gasteiger partial charge < -0.3 is 9.64 Å². The molecule has 0 radical (unpaired) electrons. The zero-order valence-electron chi connectivity index (χ0n) is 9.64. The van der Waals surface area contributed by atoms with Gasteiger partial charge in [0.15, 0.2) is 0 Å². The second-order valence-corrected chi connectivity index (χ2v) is 5.06. The summed E-state index contributed by atoms with van der Waals surface area (Å²) >= 11 is 2.33. The molecule has 1 atom stereocenters. The molecule has 2 rings (SSSR count). The van der Waals surface area contributed by atoms with Gasteiger partial charge in [0.25, 0.3) is 0 Å². The number of hydrogen-bond donors (Lipinski definition) is 0. The van der Waals surface area contributed by atoms with Crippen molar-refractivity contribution >= 4 is 28.7 Å². The lowest BCUT2D eigenvalue weighted by atomic mass is 10.2. The lowest BCUT2D eigenvalue weighted by molar-refractivity contribution is 0.0953. The summed E-state index contributed by atoms with van der Waals surface area (Å²) in [6.45, 7) is 1.20. The van der Waals surface area contributed by atoms with Crippen LogP contribution in [-0.2, 0) is 11.3 Å². The number of carbonyl (C=O) groups is 1. The molecule has 92 valence electrons. The average Bonchev–Trinajstić information content (AvgIpc) is 2.85. The van der Waals surface area contributed by atoms with Crippen molar-refractivity contribution in [2.45, 2.75) is 25.5 Å². The number of rotatable bonds is 3. The van der Waals surface area contributed by atoms with Gasteiger partial charge in [-0.15, -0.1) is 0 Å². The lowest BCUT2D eigenvalue weighted by Gasteiger charge is -2.22. The van der Waals surface area contributed by atoms with E-state index in [4.69, 9.17) is 4.74 Å². The van der Waals surface area contributed by atoms with Crippen LogP contribution in [0.1, 0.15) is 18.4 Å². The van der Waals surface area contributed by atoms with Crippen LogP contribution < -0.4 is 0 Å². The molecular weight excluding hydrogens is 329 g/mol. The molecule has 1 aromatic carbocycles. The van der Waals surface area contributed by atoms with Gasteiger partial charge in [-0.3, -0.25) is 0 Å². The summed E-state index contributed by atoms with van der Waals surface area (Å²) < 4.78 is 6.31. The Kier molecular flexibility index (Phi) is 4.65. The van der Waals surface area contributed by atoms with E-state index in [0.29, 0.717) is 12.6 Å². The number of ether oxygens (including phenoxy) is 1. The largest absolute Gasteiger partial charge is 0.445 e. The van der Waals surface area contributed by atoms with Crippen LogP contribution in [0.3, 0.4) is 0 Å². The van der Waals surface area contributed by atoms with E-state index in [0.717, 1.165) is 29.4 Å². The summed E-state index contributed by atoms with van der Waals surface area (Å²) in [5.41, 5.74) is 1.03. The van der Waals surface area contributed by atoms with Crippen LogP contribution >= 0.6 is 22.6 Å². The van der Waals surface area contributed by atoms with Gasteiger partial charge in [0.05, 0.1) is 0 Å². The molecular formula is C13H16INO2. The quantitative estimate of drug-likeness (QED) is 0.622. The van der Waals surface area contributed by atoms with Gasteiger partial charge in [-0.1, -0.05) is 52.9 Å². The summed E-state index contributed by atoms with van der Waals surface area (Å²) in [6, 6.07) is 10.1. The Bertz CT molecular complexity index is 369. The van der Waals surface area contributed by atoms with Gasteiger partial charge in [0.1, 0.15) is 6.61 Å². The molecule has 1 aliphatic heterocycles. The Balaban J connectivity index is 1.85. The summed E-state index contributed by atoms with van der Waals surface area (Å²) in [7, 11) is 0. The Morgan fingerprint density at radius 1 is 1.41 bits per heavy atom. The van der Waals surface area contributed by atoms with Gasteiger partial charge in [-0.05, 0) is 18.4 Å². The molecule has 1 amide bonds. The van der Waals surface area contributed by atoms with Crippen molar-refractivity contribution in [3.63, 3.8) is 0 Å². The molecule has 4 heteroatoms. The highest BCUT2D eigenvalue weighted by molar-refractivity contribution is 14.1. The van der Waals surface area contributed by atoms with Crippen molar-refractivity contribution in [3.8, 4) is 0 Å². The van der Waals surface area contributed by atoms with Crippen molar-refractivity contribution in [2.75, 3.05) is 11.0 Å². The lowest BCUT2D eigenvalue weighted by Crippen LogP contribution is -2.36. The highest BCUT2D eigenvalue weighted by Crippen LogP contribution is 2.20. The first kappa shape index (κ1) is 12.7. The third-order valence-corrected chi connectivity index (χ3v) is 4.01. The first-order valence-corrected chi connectivity index (χ1v) is 7.37. The number of hydrogen-bond acceptors (Lipinski definition) is 2. The Hall–Kier alpha value is -0.780. The van der Waals surface area contributed by atoms with Crippen molar-refractivity contribution in [3.05, 3.63) is 35.9 Å². The third kappa shape index (κ3) is 3.34. The molecule has 1 heterocycles. The standard InChI is InChI=1S/C13H16INO2/c14-9-12-7-4-8-15(12)13(16)17-10-11-5-2-1-3-6-11/h1-3,5-6,12H,4,7-10H2/t12-/m1/s1. The average molecular weight is 345 g/mol. The van der Waals surface area contributed by atoms with E-state index in [2.05, 4.69) is 22.6 Å². The van der Waals surface area contributed by atoms with E-state index in [1.165, 1.54) is 0 Å². The number of halogens is 1. The minimum atomic E-state index is -0.173. The maximum atomic E-state index is 11.9. The smallest absolute Gasteiger partial charge is 0.410 e. The Morgan fingerprint density at radius 2 is 2.18 bits per heavy atom. The molecule has 0 bridgehead atoms. The molecule has 1 aliphatic rings. The van der Waals surface area contributed by atoms with Crippen LogP contribution in [0.25, 0.3) is 0 Å². The highest BCUT2D eigenvalue weighted by atomic mass is 127. The third-order valence-electron chi connectivity index (χ3n) is 2.99. The molecule has 0 unspecified atom stereocenters. The number of benzene rings is 1. The molecule has 1 aromatic rings. The maximum Gasteiger partial charge on any atom is 0.410 e. The first-order chi connectivity index (χ1) is 8.31. The van der Waals surface area contributed by atoms with Crippen LogP contribution in [0.15, 0.2) is 30.3 Å². The van der Waals surface area contributed by atoms with Crippen molar-refractivity contribution < 1.29 is 9.53 Å². The summed E-state index contributed by atoms with van der Waals surface area (Å²) in [5, 5.41) is 0. The fourth-order valence-electron chi connectivity index (χ4n) is 2.04. The topological polar surface area (TPSA) is 29.5 Å². The Morgan fingerprint density at radius 3 is 2.88 bits per heavy atom. The van der Waals surface area contributed by atoms with Crippen molar-refractivity contribution in [1.82, 2.24) is 4.90 Å². The van der Waals surface area contributed by atoms with E-state index in [9.17, 15) is 4.79 Å². The minimum absolute atomic E-state index is 0.173. The molecule has 0 saturated carbocycles. The van der Waals surface area contributed by atoms with Crippen LogP contribution in [-0.4, -0.2) is 28.0 Å². The van der Waals surface area contributed by atoms with Gasteiger partial charge in [-0.25, -0.2) is 4.79 Å². The molecule has 0 spiro atoms. The fourth-order valence-corrected chi connectivity index (χ4v) is 2.95. The number of likely N-dealkylation sites (tertiary alicyclic amines) is 1. The maximum absolute atomic E-state index is 11.9. The predicted molar refractivity (Wildman–Crippen MR) is 75.2 cm³/mol. The van der Waals surface area contributed by atoms with E-state index in [1.807, 2.05) is 35.2 Å². The number of carbonyl (C=O) groups excluding carboxylic acids is 1. The molecule has 0 N–H and O–H groups in total. The Labute approximate surface area is 115 Å². The van der Waals surface area contributed by atoms with Crippen LogP contribution in [0.4, 0.5) is 4.79 Å².